The Bertz CT molecular complexity index is 864. The van der Waals surface area contributed by atoms with E-state index in [1.54, 1.807) is 4.57 Å². The first-order valence-corrected chi connectivity index (χ1v) is 10.9. The van der Waals surface area contributed by atoms with Crippen molar-refractivity contribution in [2.24, 2.45) is 7.05 Å². The van der Waals surface area contributed by atoms with Crippen molar-refractivity contribution in [3.05, 3.63) is 26.7 Å². The zero-order chi connectivity index (χ0) is 20.7. The van der Waals surface area contributed by atoms with Crippen LogP contribution in [0.3, 0.4) is 0 Å². The molecule has 0 saturated heterocycles. The van der Waals surface area contributed by atoms with Crippen molar-refractivity contribution in [1.82, 2.24) is 24.0 Å². The van der Waals surface area contributed by atoms with Gasteiger partial charge in [-0.05, 0) is 32.7 Å². The highest BCUT2D eigenvalue weighted by Crippen LogP contribution is 2.16. The molecule has 1 unspecified atom stereocenters. The molecule has 28 heavy (non-hydrogen) atoms. The number of imidazole rings is 1. The van der Waals surface area contributed by atoms with E-state index >= 15 is 0 Å². The first-order chi connectivity index (χ1) is 13.4. The molecule has 7 heteroatoms. The second-order valence-electron chi connectivity index (χ2n) is 7.84. The Morgan fingerprint density at radius 1 is 1.07 bits per heavy atom. The van der Waals surface area contributed by atoms with Crippen LogP contribution < -0.4 is 11.2 Å². The molecule has 0 radical (unpaired) electrons. The summed E-state index contributed by atoms with van der Waals surface area (Å²) in [6.07, 6.45) is 7.71. The van der Waals surface area contributed by atoms with Gasteiger partial charge in [0, 0.05) is 19.6 Å². The molecule has 1 atom stereocenters. The Balaban J connectivity index is 2.41. The molecule has 2 aromatic heterocycles. The third-order valence-corrected chi connectivity index (χ3v) is 5.56. The van der Waals surface area contributed by atoms with Crippen LogP contribution in [0, 0.1) is 0 Å². The number of rotatable bonds is 12. The van der Waals surface area contributed by atoms with E-state index in [1.165, 1.54) is 12.8 Å². The molecule has 158 valence electrons. The van der Waals surface area contributed by atoms with E-state index in [0.29, 0.717) is 30.3 Å². The van der Waals surface area contributed by atoms with Gasteiger partial charge in [0.25, 0.3) is 5.56 Å². The van der Waals surface area contributed by atoms with Gasteiger partial charge < -0.3 is 4.57 Å². The van der Waals surface area contributed by atoms with Crippen molar-refractivity contribution in [2.45, 2.75) is 91.8 Å². The molecule has 0 aliphatic heterocycles. The maximum absolute atomic E-state index is 12.4. The molecule has 0 saturated carbocycles. The number of unbranched alkanes of at least 4 members (excludes halogenated alkanes) is 3. The van der Waals surface area contributed by atoms with Gasteiger partial charge in [0.05, 0.1) is 6.54 Å². The number of fused-ring (bicyclic) bond motifs is 1. The Morgan fingerprint density at radius 3 is 2.43 bits per heavy atom. The monoisotopic (exact) mass is 391 g/mol. The van der Waals surface area contributed by atoms with E-state index in [9.17, 15) is 9.59 Å². The molecule has 7 nitrogen and oxygen atoms in total. The average molecular weight is 392 g/mol. The average Bonchev–Trinajstić information content (AvgIpc) is 2.97. The van der Waals surface area contributed by atoms with Crippen LogP contribution in [0.1, 0.15) is 78.5 Å². The van der Waals surface area contributed by atoms with E-state index in [0.717, 1.165) is 44.5 Å². The summed E-state index contributed by atoms with van der Waals surface area (Å²) >= 11 is 0. The highest BCUT2D eigenvalue weighted by molar-refractivity contribution is 5.70. The second kappa shape index (κ2) is 10.6. The van der Waals surface area contributed by atoms with E-state index in [1.807, 2.05) is 11.6 Å². The molecular weight excluding hydrogens is 354 g/mol. The third kappa shape index (κ3) is 5.13. The third-order valence-electron chi connectivity index (χ3n) is 5.56. The number of nitrogens with zero attached hydrogens (tertiary/aromatic N) is 4. The summed E-state index contributed by atoms with van der Waals surface area (Å²) in [5.41, 5.74) is 0.279. The highest BCUT2D eigenvalue weighted by atomic mass is 16.2. The van der Waals surface area contributed by atoms with Gasteiger partial charge in [0.2, 0.25) is 0 Å². The van der Waals surface area contributed by atoms with Crippen molar-refractivity contribution < 1.29 is 0 Å². The van der Waals surface area contributed by atoms with Gasteiger partial charge in [-0.25, -0.2) is 9.78 Å². The van der Waals surface area contributed by atoms with Gasteiger partial charge in [-0.1, -0.05) is 46.5 Å². The maximum atomic E-state index is 12.4. The fraction of sp³-hybridized carbons (Fsp3) is 0.762. The fourth-order valence-corrected chi connectivity index (χ4v) is 3.76. The summed E-state index contributed by atoms with van der Waals surface area (Å²) in [6.45, 7) is 11.1. The lowest BCUT2D eigenvalue weighted by Gasteiger charge is -2.28. The molecule has 0 fully saturated rings. The molecule has 2 heterocycles. The molecular formula is C21H37N5O2. The Labute approximate surface area is 167 Å². The predicted molar refractivity (Wildman–Crippen MR) is 115 cm³/mol. The number of aryl methyl sites for hydroxylation is 2. The number of H-pyrrole nitrogens is 1. The Kier molecular flexibility index (Phi) is 8.48. The van der Waals surface area contributed by atoms with E-state index in [2.05, 4.69) is 37.6 Å². The zero-order valence-electron chi connectivity index (χ0n) is 18.3. The van der Waals surface area contributed by atoms with Gasteiger partial charge in [-0.15, -0.1) is 0 Å². The van der Waals surface area contributed by atoms with Crippen LogP contribution in [-0.2, 0) is 20.1 Å². The van der Waals surface area contributed by atoms with Gasteiger partial charge in [0.15, 0.2) is 11.2 Å². The van der Waals surface area contributed by atoms with Gasteiger partial charge in [-0.2, -0.15) is 0 Å². The van der Waals surface area contributed by atoms with Gasteiger partial charge >= 0.3 is 5.69 Å². The highest BCUT2D eigenvalue weighted by Gasteiger charge is 2.20. The second-order valence-corrected chi connectivity index (χ2v) is 7.84. The summed E-state index contributed by atoms with van der Waals surface area (Å²) in [5, 5.41) is 0. The molecule has 0 spiro atoms. The minimum absolute atomic E-state index is 0.354. The number of aromatic amines is 1. The summed E-state index contributed by atoms with van der Waals surface area (Å²) in [4.78, 5) is 34.5. The van der Waals surface area contributed by atoms with Crippen LogP contribution in [0.2, 0.25) is 0 Å². The number of hydrogen-bond donors (Lipinski definition) is 1. The standard InChI is InChI=1S/C21H37N5O2/c1-6-9-11-13-25(16(4)12-8-3)15-17-22-19-18(24(17)5)20(27)23-21(28)26(19)14-10-7-2/h16H,6-15H2,1-5H3,(H,23,27,28). The Morgan fingerprint density at radius 2 is 1.79 bits per heavy atom. The Hall–Kier alpha value is -1.89. The van der Waals surface area contributed by atoms with Crippen LogP contribution in [0.25, 0.3) is 11.2 Å². The number of nitrogens with one attached hydrogen (secondary N) is 1. The van der Waals surface area contributed by atoms with Crippen LogP contribution in [-0.4, -0.2) is 36.6 Å². The zero-order valence-corrected chi connectivity index (χ0v) is 18.3. The summed E-state index contributed by atoms with van der Waals surface area (Å²) in [5.74, 6) is 0.843. The molecule has 1 N–H and O–H groups in total. The van der Waals surface area contributed by atoms with E-state index in [-0.39, 0.29) is 11.2 Å². The van der Waals surface area contributed by atoms with Crippen molar-refractivity contribution in [3.8, 4) is 0 Å². The lowest BCUT2D eigenvalue weighted by Crippen LogP contribution is -2.34. The minimum atomic E-state index is -0.366. The van der Waals surface area contributed by atoms with Crippen LogP contribution in [0.5, 0.6) is 0 Å². The number of hydrogen-bond acceptors (Lipinski definition) is 4. The van der Waals surface area contributed by atoms with Crippen molar-refractivity contribution in [3.63, 3.8) is 0 Å². The molecule has 0 bridgehead atoms. The van der Waals surface area contributed by atoms with Crippen LogP contribution >= 0.6 is 0 Å². The van der Waals surface area contributed by atoms with Crippen molar-refractivity contribution >= 4 is 11.2 Å². The van der Waals surface area contributed by atoms with E-state index in [4.69, 9.17) is 4.98 Å². The predicted octanol–water partition coefficient (Wildman–Crippen LogP) is 3.40. The van der Waals surface area contributed by atoms with E-state index < -0.39 is 0 Å². The fourth-order valence-electron chi connectivity index (χ4n) is 3.76. The summed E-state index contributed by atoms with van der Waals surface area (Å²) in [6, 6.07) is 0.460. The normalized spacial score (nSPS) is 12.9. The lowest BCUT2D eigenvalue weighted by molar-refractivity contribution is 0.180. The topological polar surface area (TPSA) is 75.9 Å². The first kappa shape index (κ1) is 22.4. The summed E-state index contributed by atoms with van der Waals surface area (Å²) in [7, 11) is 1.88. The quantitative estimate of drug-likeness (QED) is 0.563. The van der Waals surface area contributed by atoms with Crippen molar-refractivity contribution in [2.75, 3.05) is 6.54 Å². The minimum Gasteiger partial charge on any atom is -0.324 e. The van der Waals surface area contributed by atoms with Gasteiger partial charge in [0.1, 0.15) is 5.82 Å². The number of aromatic nitrogens is 4. The molecule has 2 aromatic rings. The largest absolute Gasteiger partial charge is 0.330 e. The molecule has 0 aromatic carbocycles. The van der Waals surface area contributed by atoms with Crippen LogP contribution in [0.4, 0.5) is 0 Å². The maximum Gasteiger partial charge on any atom is 0.330 e. The molecule has 0 aliphatic carbocycles. The molecule has 0 amide bonds. The SMILES string of the molecule is CCCCCN(Cc1nc2c(c(=O)[nH]c(=O)n2CCCC)n1C)C(C)CCC. The first-order valence-electron chi connectivity index (χ1n) is 10.9. The molecule has 0 aliphatic rings. The summed E-state index contributed by atoms with van der Waals surface area (Å²) < 4.78 is 3.47. The molecule has 2 rings (SSSR count). The lowest BCUT2D eigenvalue weighted by atomic mass is 10.1. The van der Waals surface area contributed by atoms with Gasteiger partial charge in [-0.3, -0.25) is 19.2 Å². The van der Waals surface area contributed by atoms with Crippen LogP contribution in [0.15, 0.2) is 9.59 Å². The van der Waals surface area contributed by atoms with Crippen molar-refractivity contribution in [1.29, 1.82) is 0 Å². The smallest absolute Gasteiger partial charge is 0.324 e.